The minimum absolute atomic E-state index is 0.510. The molecule has 1 aromatic carbocycles. The molecule has 88 valence electrons. The van der Waals surface area contributed by atoms with Crippen molar-refractivity contribution in [1.29, 1.82) is 0 Å². The van der Waals surface area contributed by atoms with Gasteiger partial charge in [0.15, 0.2) is 11.5 Å². The second-order valence-corrected chi connectivity index (χ2v) is 3.82. The highest BCUT2D eigenvalue weighted by Gasteiger charge is 2.19. The Morgan fingerprint density at radius 2 is 1.88 bits per heavy atom. The number of rotatable bonds is 3. The molecule has 4 nitrogen and oxygen atoms in total. The Balaban J connectivity index is 2.22. The molecule has 0 spiro atoms. The molecule has 0 aromatic heterocycles. The van der Waals surface area contributed by atoms with E-state index in [1.54, 1.807) is 18.2 Å². The second-order valence-electron chi connectivity index (χ2n) is 3.82. The Kier molecular flexibility index (Phi) is 3.31. The summed E-state index contributed by atoms with van der Waals surface area (Å²) >= 11 is 0. The van der Waals surface area contributed by atoms with Gasteiger partial charge in [0, 0.05) is 0 Å². The van der Waals surface area contributed by atoms with Gasteiger partial charge in [-0.2, -0.15) is 0 Å². The first kappa shape index (κ1) is 11.2. The predicted molar refractivity (Wildman–Crippen MR) is 58.7 cm³/mol. The number of ether oxygens (including phenoxy) is 2. The molecular weight excluding hydrogens is 208 g/mol. The van der Waals surface area contributed by atoms with E-state index >= 15 is 0 Å². The SMILES string of the molecule is CCC(O)C(O)c1ccc2c(c1)OCCO2. The number of fused-ring (bicyclic) bond motifs is 1. The van der Waals surface area contributed by atoms with Gasteiger partial charge < -0.3 is 19.7 Å². The van der Waals surface area contributed by atoms with Gasteiger partial charge in [0.2, 0.25) is 0 Å². The summed E-state index contributed by atoms with van der Waals surface area (Å²) in [5, 5.41) is 19.4. The first-order valence-corrected chi connectivity index (χ1v) is 5.48. The maximum absolute atomic E-state index is 9.84. The molecule has 1 aromatic rings. The van der Waals surface area contributed by atoms with Crippen molar-refractivity contribution in [2.24, 2.45) is 0 Å². The van der Waals surface area contributed by atoms with E-state index in [-0.39, 0.29) is 0 Å². The Hall–Kier alpha value is -1.26. The van der Waals surface area contributed by atoms with E-state index in [1.807, 2.05) is 6.92 Å². The molecular formula is C12H16O4. The average Bonchev–Trinajstić information content (AvgIpc) is 2.36. The lowest BCUT2D eigenvalue weighted by atomic mass is 10.0. The zero-order valence-electron chi connectivity index (χ0n) is 9.22. The van der Waals surface area contributed by atoms with Crippen molar-refractivity contribution in [3.63, 3.8) is 0 Å². The van der Waals surface area contributed by atoms with Gasteiger partial charge in [-0.3, -0.25) is 0 Å². The summed E-state index contributed by atoms with van der Waals surface area (Å²) < 4.78 is 10.8. The van der Waals surface area contributed by atoms with Crippen molar-refractivity contribution in [3.8, 4) is 11.5 Å². The molecule has 2 rings (SSSR count). The molecule has 16 heavy (non-hydrogen) atoms. The van der Waals surface area contributed by atoms with Crippen molar-refractivity contribution < 1.29 is 19.7 Å². The highest BCUT2D eigenvalue weighted by Crippen LogP contribution is 2.33. The molecule has 1 aliphatic heterocycles. The molecule has 0 bridgehead atoms. The molecule has 0 fully saturated rings. The maximum atomic E-state index is 9.84. The third kappa shape index (κ3) is 2.13. The van der Waals surface area contributed by atoms with E-state index in [1.165, 1.54) is 0 Å². The van der Waals surface area contributed by atoms with Gasteiger partial charge in [-0.15, -0.1) is 0 Å². The topological polar surface area (TPSA) is 58.9 Å². The number of hydrogen-bond donors (Lipinski definition) is 2. The fourth-order valence-corrected chi connectivity index (χ4v) is 1.69. The zero-order chi connectivity index (χ0) is 11.5. The first-order chi connectivity index (χ1) is 7.72. The van der Waals surface area contributed by atoms with E-state index < -0.39 is 12.2 Å². The Morgan fingerprint density at radius 1 is 1.19 bits per heavy atom. The smallest absolute Gasteiger partial charge is 0.161 e. The molecule has 2 unspecified atom stereocenters. The molecule has 0 aliphatic carbocycles. The minimum atomic E-state index is -0.874. The summed E-state index contributed by atoms with van der Waals surface area (Å²) in [5.41, 5.74) is 0.651. The summed E-state index contributed by atoms with van der Waals surface area (Å²) in [4.78, 5) is 0. The second kappa shape index (κ2) is 4.72. The summed E-state index contributed by atoms with van der Waals surface area (Å²) in [6, 6.07) is 5.23. The lowest BCUT2D eigenvalue weighted by molar-refractivity contribution is 0.0162. The van der Waals surface area contributed by atoms with Crippen LogP contribution in [0.25, 0.3) is 0 Å². The molecule has 2 N–H and O–H groups in total. The normalized spacial score (nSPS) is 17.9. The van der Waals surface area contributed by atoms with Gasteiger partial charge in [-0.1, -0.05) is 13.0 Å². The zero-order valence-corrected chi connectivity index (χ0v) is 9.22. The Labute approximate surface area is 94.4 Å². The number of hydrogen-bond acceptors (Lipinski definition) is 4. The fraction of sp³-hybridized carbons (Fsp3) is 0.500. The van der Waals surface area contributed by atoms with Crippen LogP contribution in [-0.2, 0) is 0 Å². The third-order valence-corrected chi connectivity index (χ3v) is 2.69. The number of aliphatic hydroxyl groups is 2. The maximum Gasteiger partial charge on any atom is 0.161 e. The third-order valence-electron chi connectivity index (χ3n) is 2.69. The highest BCUT2D eigenvalue weighted by atomic mass is 16.6. The first-order valence-electron chi connectivity index (χ1n) is 5.48. The molecule has 4 heteroatoms. The van der Waals surface area contributed by atoms with Crippen LogP contribution in [0.15, 0.2) is 18.2 Å². The summed E-state index contributed by atoms with van der Waals surface area (Å²) in [5.74, 6) is 1.32. The van der Waals surface area contributed by atoms with Crippen molar-refractivity contribution in [2.75, 3.05) is 13.2 Å². The molecule has 0 amide bonds. The molecule has 1 aliphatic rings. The van der Waals surface area contributed by atoms with Gasteiger partial charge in [0.1, 0.15) is 19.3 Å². The van der Waals surface area contributed by atoms with E-state index in [0.29, 0.717) is 36.7 Å². The van der Waals surface area contributed by atoms with Crippen molar-refractivity contribution in [3.05, 3.63) is 23.8 Å². The summed E-state index contributed by atoms with van der Waals surface area (Å²) in [6.45, 7) is 2.89. The van der Waals surface area contributed by atoms with Crippen molar-refractivity contribution in [2.45, 2.75) is 25.6 Å². The average molecular weight is 224 g/mol. The van der Waals surface area contributed by atoms with Crippen molar-refractivity contribution >= 4 is 0 Å². The van der Waals surface area contributed by atoms with Gasteiger partial charge in [0.25, 0.3) is 0 Å². The number of aliphatic hydroxyl groups excluding tert-OH is 2. The van der Waals surface area contributed by atoms with E-state index in [4.69, 9.17) is 9.47 Å². The molecule has 0 radical (unpaired) electrons. The van der Waals surface area contributed by atoms with E-state index in [9.17, 15) is 10.2 Å². The number of benzene rings is 1. The van der Waals surface area contributed by atoms with Crippen LogP contribution in [0.3, 0.4) is 0 Å². The predicted octanol–water partition coefficient (Wildman–Crippen LogP) is 1.26. The van der Waals surface area contributed by atoms with E-state index in [0.717, 1.165) is 0 Å². The van der Waals surface area contributed by atoms with Crippen molar-refractivity contribution in [1.82, 2.24) is 0 Å². The Bertz CT molecular complexity index is 364. The Morgan fingerprint density at radius 3 is 2.56 bits per heavy atom. The minimum Gasteiger partial charge on any atom is -0.486 e. The molecule has 0 saturated heterocycles. The monoisotopic (exact) mass is 224 g/mol. The largest absolute Gasteiger partial charge is 0.486 e. The van der Waals surface area contributed by atoms with Crippen LogP contribution in [0, 0.1) is 0 Å². The summed E-state index contributed by atoms with van der Waals surface area (Å²) in [6.07, 6.45) is -1.11. The van der Waals surface area contributed by atoms with Gasteiger partial charge in [-0.05, 0) is 24.1 Å². The van der Waals surface area contributed by atoms with Crippen LogP contribution in [0.1, 0.15) is 25.0 Å². The van der Waals surface area contributed by atoms with Crippen LogP contribution in [0.5, 0.6) is 11.5 Å². The lowest BCUT2D eigenvalue weighted by Gasteiger charge is -2.21. The van der Waals surface area contributed by atoms with Crippen LogP contribution in [-0.4, -0.2) is 29.5 Å². The lowest BCUT2D eigenvalue weighted by Crippen LogP contribution is -2.19. The molecule has 0 saturated carbocycles. The van der Waals surface area contributed by atoms with Crippen LogP contribution in [0.2, 0.25) is 0 Å². The highest BCUT2D eigenvalue weighted by molar-refractivity contribution is 5.44. The van der Waals surface area contributed by atoms with E-state index in [2.05, 4.69) is 0 Å². The van der Waals surface area contributed by atoms with Crippen LogP contribution < -0.4 is 9.47 Å². The van der Waals surface area contributed by atoms with Gasteiger partial charge >= 0.3 is 0 Å². The quantitative estimate of drug-likeness (QED) is 0.811. The van der Waals surface area contributed by atoms with Gasteiger partial charge in [-0.25, -0.2) is 0 Å². The molecule has 2 atom stereocenters. The van der Waals surface area contributed by atoms with Crippen LogP contribution in [0.4, 0.5) is 0 Å². The van der Waals surface area contributed by atoms with Crippen LogP contribution >= 0.6 is 0 Å². The fourth-order valence-electron chi connectivity index (χ4n) is 1.69. The summed E-state index contributed by atoms with van der Waals surface area (Å²) in [7, 11) is 0. The molecule has 1 heterocycles. The standard InChI is InChI=1S/C12H16O4/c1-2-9(13)12(14)8-3-4-10-11(7-8)16-6-5-15-10/h3-4,7,9,12-14H,2,5-6H2,1H3. The van der Waals surface area contributed by atoms with Gasteiger partial charge in [0.05, 0.1) is 6.10 Å².